The Morgan fingerprint density at radius 3 is 2.11 bits per heavy atom. The van der Waals surface area contributed by atoms with Crippen LogP contribution in [0.1, 0.15) is 33.6 Å². The Morgan fingerprint density at radius 2 is 1.67 bits per heavy atom. The summed E-state index contributed by atoms with van der Waals surface area (Å²) in [7, 11) is 4.10. The van der Waals surface area contributed by atoms with Crippen molar-refractivity contribution < 1.29 is 4.79 Å². The first-order valence-electron chi connectivity index (χ1n) is 6.98. The number of carbonyl (C=O) groups excluding carboxylic acids is 1. The molecule has 1 rings (SSSR count). The molecule has 0 bridgehead atoms. The van der Waals surface area contributed by atoms with Crippen molar-refractivity contribution in [2.24, 2.45) is 0 Å². The Balaban J connectivity index is 2.28. The Bertz CT molecular complexity index is 263. The number of piperazine rings is 1. The SMILES string of the molecule is CN(C)CCCC(=O)N1CCN(C(C)(C)C)CC1. The average molecular weight is 255 g/mol. The number of hydrogen-bond acceptors (Lipinski definition) is 3. The molecule has 1 aliphatic heterocycles. The van der Waals surface area contributed by atoms with E-state index >= 15 is 0 Å². The average Bonchev–Trinajstić information content (AvgIpc) is 2.27. The van der Waals surface area contributed by atoms with Gasteiger partial charge in [-0.3, -0.25) is 9.69 Å². The minimum Gasteiger partial charge on any atom is -0.340 e. The zero-order valence-corrected chi connectivity index (χ0v) is 12.7. The van der Waals surface area contributed by atoms with Crippen LogP contribution in [-0.4, -0.2) is 73.0 Å². The predicted molar refractivity (Wildman–Crippen MR) is 75.7 cm³/mol. The molecular weight excluding hydrogens is 226 g/mol. The molecule has 4 heteroatoms. The number of carbonyl (C=O) groups is 1. The molecule has 0 atom stereocenters. The molecule has 0 aromatic heterocycles. The highest BCUT2D eigenvalue weighted by atomic mass is 16.2. The zero-order chi connectivity index (χ0) is 13.8. The Kier molecular flexibility index (Phi) is 5.60. The molecule has 0 saturated carbocycles. The topological polar surface area (TPSA) is 26.8 Å². The van der Waals surface area contributed by atoms with Crippen molar-refractivity contribution in [3.63, 3.8) is 0 Å². The van der Waals surface area contributed by atoms with Crippen LogP contribution in [0.25, 0.3) is 0 Å². The molecule has 0 unspecified atom stereocenters. The molecular formula is C14H29N3O. The van der Waals surface area contributed by atoms with Crippen molar-refractivity contribution in [3.05, 3.63) is 0 Å². The summed E-state index contributed by atoms with van der Waals surface area (Å²) in [6.07, 6.45) is 1.65. The van der Waals surface area contributed by atoms with E-state index in [1.807, 2.05) is 19.0 Å². The predicted octanol–water partition coefficient (Wildman–Crippen LogP) is 1.27. The van der Waals surface area contributed by atoms with Crippen LogP contribution in [0.2, 0.25) is 0 Å². The number of nitrogens with zero attached hydrogens (tertiary/aromatic N) is 3. The Labute approximate surface area is 112 Å². The van der Waals surface area contributed by atoms with Gasteiger partial charge in [0.2, 0.25) is 5.91 Å². The molecule has 1 amide bonds. The minimum absolute atomic E-state index is 0.222. The van der Waals surface area contributed by atoms with Crippen molar-refractivity contribution in [1.82, 2.24) is 14.7 Å². The summed E-state index contributed by atoms with van der Waals surface area (Å²) < 4.78 is 0. The molecule has 0 N–H and O–H groups in total. The first-order chi connectivity index (χ1) is 8.30. The van der Waals surface area contributed by atoms with Crippen molar-refractivity contribution >= 4 is 5.91 Å². The highest BCUT2D eigenvalue weighted by Gasteiger charge is 2.27. The van der Waals surface area contributed by atoms with E-state index in [1.54, 1.807) is 0 Å². The first-order valence-corrected chi connectivity index (χ1v) is 6.98. The van der Waals surface area contributed by atoms with E-state index in [-0.39, 0.29) is 5.54 Å². The normalized spacial score (nSPS) is 18.4. The molecule has 0 radical (unpaired) electrons. The summed E-state index contributed by atoms with van der Waals surface area (Å²) in [4.78, 5) is 18.6. The van der Waals surface area contributed by atoms with Gasteiger partial charge in [0.1, 0.15) is 0 Å². The molecule has 106 valence electrons. The van der Waals surface area contributed by atoms with Gasteiger partial charge in [-0.1, -0.05) is 0 Å². The fourth-order valence-corrected chi connectivity index (χ4v) is 2.33. The van der Waals surface area contributed by atoms with Crippen LogP contribution in [0.3, 0.4) is 0 Å². The summed E-state index contributed by atoms with van der Waals surface area (Å²) in [6.45, 7) is 11.5. The lowest BCUT2D eigenvalue weighted by atomic mass is 10.0. The summed E-state index contributed by atoms with van der Waals surface area (Å²) in [5.41, 5.74) is 0.222. The third-order valence-electron chi connectivity index (χ3n) is 3.58. The molecule has 0 aromatic carbocycles. The van der Waals surface area contributed by atoms with Crippen LogP contribution in [0.15, 0.2) is 0 Å². The maximum Gasteiger partial charge on any atom is 0.222 e. The van der Waals surface area contributed by atoms with Gasteiger partial charge < -0.3 is 9.80 Å². The van der Waals surface area contributed by atoms with Crippen molar-refractivity contribution in [2.75, 3.05) is 46.8 Å². The molecule has 4 nitrogen and oxygen atoms in total. The van der Waals surface area contributed by atoms with E-state index in [0.717, 1.165) is 39.1 Å². The van der Waals surface area contributed by atoms with Gasteiger partial charge in [-0.15, -0.1) is 0 Å². The lowest BCUT2D eigenvalue weighted by molar-refractivity contribution is -0.133. The first kappa shape index (κ1) is 15.4. The molecule has 18 heavy (non-hydrogen) atoms. The molecule has 1 saturated heterocycles. The second kappa shape index (κ2) is 6.53. The monoisotopic (exact) mass is 255 g/mol. The quantitative estimate of drug-likeness (QED) is 0.757. The van der Waals surface area contributed by atoms with Gasteiger partial charge in [-0.05, 0) is 47.8 Å². The molecule has 1 aliphatic rings. The largest absolute Gasteiger partial charge is 0.340 e. The second-order valence-corrected chi connectivity index (χ2v) is 6.45. The van der Waals surface area contributed by atoms with Crippen molar-refractivity contribution in [3.8, 4) is 0 Å². The zero-order valence-electron chi connectivity index (χ0n) is 12.7. The number of amides is 1. The lowest BCUT2D eigenvalue weighted by Crippen LogP contribution is -2.54. The van der Waals surface area contributed by atoms with Gasteiger partial charge in [-0.25, -0.2) is 0 Å². The Morgan fingerprint density at radius 1 is 1.11 bits per heavy atom. The number of rotatable bonds is 4. The van der Waals surface area contributed by atoms with Crippen LogP contribution in [0.4, 0.5) is 0 Å². The molecule has 0 aliphatic carbocycles. The summed E-state index contributed by atoms with van der Waals surface area (Å²) in [6, 6.07) is 0. The smallest absolute Gasteiger partial charge is 0.222 e. The highest BCUT2D eigenvalue weighted by Crippen LogP contribution is 2.16. The van der Waals surface area contributed by atoms with Gasteiger partial charge in [0.15, 0.2) is 0 Å². The summed E-state index contributed by atoms with van der Waals surface area (Å²) in [5, 5.41) is 0. The van der Waals surface area contributed by atoms with E-state index < -0.39 is 0 Å². The molecule has 1 fully saturated rings. The van der Waals surface area contributed by atoms with Crippen LogP contribution in [-0.2, 0) is 4.79 Å². The number of hydrogen-bond donors (Lipinski definition) is 0. The fraction of sp³-hybridized carbons (Fsp3) is 0.929. The third kappa shape index (κ3) is 4.94. The molecule has 0 aromatic rings. The van der Waals surface area contributed by atoms with Crippen LogP contribution in [0, 0.1) is 0 Å². The maximum atomic E-state index is 12.0. The van der Waals surface area contributed by atoms with Gasteiger partial charge in [0.05, 0.1) is 0 Å². The molecule has 1 heterocycles. The van der Waals surface area contributed by atoms with E-state index in [1.165, 1.54) is 0 Å². The Hall–Kier alpha value is -0.610. The molecule has 0 spiro atoms. The van der Waals surface area contributed by atoms with E-state index in [9.17, 15) is 4.79 Å². The van der Waals surface area contributed by atoms with Crippen LogP contribution in [0.5, 0.6) is 0 Å². The second-order valence-electron chi connectivity index (χ2n) is 6.45. The minimum atomic E-state index is 0.222. The van der Waals surface area contributed by atoms with Gasteiger partial charge in [0.25, 0.3) is 0 Å². The van der Waals surface area contributed by atoms with Gasteiger partial charge >= 0.3 is 0 Å². The third-order valence-corrected chi connectivity index (χ3v) is 3.58. The standard InChI is InChI=1S/C14H29N3O/c1-14(2,3)17-11-9-16(10-12-17)13(18)7-6-8-15(4)5/h6-12H2,1-5H3. The lowest BCUT2D eigenvalue weighted by Gasteiger charge is -2.42. The highest BCUT2D eigenvalue weighted by molar-refractivity contribution is 5.76. The summed E-state index contributed by atoms with van der Waals surface area (Å²) >= 11 is 0. The van der Waals surface area contributed by atoms with Gasteiger partial charge in [0, 0.05) is 38.1 Å². The van der Waals surface area contributed by atoms with Crippen LogP contribution >= 0.6 is 0 Å². The van der Waals surface area contributed by atoms with E-state index in [4.69, 9.17) is 0 Å². The van der Waals surface area contributed by atoms with Crippen LogP contribution < -0.4 is 0 Å². The van der Waals surface area contributed by atoms with E-state index in [0.29, 0.717) is 12.3 Å². The fourth-order valence-electron chi connectivity index (χ4n) is 2.33. The van der Waals surface area contributed by atoms with Crippen molar-refractivity contribution in [2.45, 2.75) is 39.2 Å². The van der Waals surface area contributed by atoms with E-state index in [2.05, 4.69) is 30.6 Å². The van der Waals surface area contributed by atoms with Gasteiger partial charge in [-0.2, -0.15) is 0 Å². The van der Waals surface area contributed by atoms with Crippen molar-refractivity contribution in [1.29, 1.82) is 0 Å². The maximum absolute atomic E-state index is 12.0. The summed E-state index contributed by atoms with van der Waals surface area (Å²) in [5.74, 6) is 0.324.